The molecule has 0 radical (unpaired) electrons. The predicted molar refractivity (Wildman–Crippen MR) is 74.4 cm³/mol. The van der Waals surface area contributed by atoms with Crippen molar-refractivity contribution in [2.75, 3.05) is 6.54 Å². The lowest BCUT2D eigenvalue weighted by Gasteiger charge is -2.03. The standard InChI is InChI=1S/C15H22N2/c1-11(2)14-10-17(8-4-7-16)15-6-5-12(3)9-13(14)15/h5-6,9-11H,4,7-8,16H2,1-3H3. The van der Waals surface area contributed by atoms with E-state index in [1.807, 2.05) is 0 Å². The van der Waals surface area contributed by atoms with Crippen molar-refractivity contribution in [3.8, 4) is 0 Å². The molecule has 1 aromatic heterocycles. The third-order valence-corrected chi connectivity index (χ3v) is 3.29. The highest BCUT2D eigenvalue weighted by atomic mass is 15.0. The molecule has 2 N–H and O–H groups in total. The Bertz CT molecular complexity index is 509. The summed E-state index contributed by atoms with van der Waals surface area (Å²) < 4.78 is 2.34. The fourth-order valence-electron chi connectivity index (χ4n) is 2.35. The van der Waals surface area contributed by atoms with E-state index in [1.54, 1.807) is 0 Å². The number of nitrogens with two attached hydrogens (primary N) is 1. The van der Waals surface area contributed by atoms with E-state index in [0.717, 1.165) is 19.5 Å². The van der Waals surface area contributed by atoms with E-state index in [0.29, 0.717) is 5.92 Å². The van der Waals surface area contributed by atoms with Gasteiger partial charge in [0.15, 0.2) is 0 Å². The van der Waals surface area contributed by atoms with Crippen LogP contribution in [0.15, 0.2) is 24.4 Å². The maximum Gasteiger partial charge on any atom is 0.0483 e. The van der Waals surface area contributed by atoms with E-state index in [4.69, 9.17) is 5.73 Å². The SMILES string of the molecule is Cc1ccc2c(c1)c(C(C)C)cn2CCCN. The van der Waals surface area contributed by atoms with Gasteiger partial charge in [-0.15, -0.1) is 0 Å². The van der Waals surface area contributed by atoms with Crippen LogP contribution in [0.1, 0.15) is 37.3 Å². The molecule has 0 atom stereocenters. The summed E-state index contributed by atoms with van der Waals surface area (Å²) in [5.74, 6) is 0.568. The first-order chi connectivity index (χ1) is 8.13. The van der Waals surface area contributed by atoms with Gasteiger partial charge in [-0.2, -0.15) is 0 Å². The molecule has 0 saturated heterocycles. The van der Waals surface area contributed by atoms with Gasteiger partial charge in [-0.3, -0.25) is 0 Å². The van der Waals surface area contributed by atoms with Crippen molar-refractivity contribution in [1.29, 1.82) is 0 Å². The van der Waals surface area contributed by atoms with Crippen molar-refractivity contribution >= 4 is 10.9 Å². The number of hydrogen-bond acceptors (Lipinski definition) is 1. The first-order valence-electron chi connectivity index (χ1n) is 6.43. The number of rotatable bonds is 4. The number of fused-ring (bicyclic) bond motifs is 1. The van der Waals surface area contributed by atoms with Crippen LogP contribution >= 0.6 is 0 Å². The first kappa shape index (κ1) is 12.2. The van der Waals surface area contributed by atoms with Crippen molar-refractivity contribution in [2.24, 2.45) is 5.73 Å². The van der Waals surface area contributed by atoms with Gasteiger partial charge < -0.3 is 10.3 Å². The second kappa shape index (κ2) is 4.92. The lowest BCUT2D eigenvalue weighted by molar-refractivity contribution is 0.666. The highest BCUT2D eigenvalue weighted by Gasteiger charge is 2.10. The summed E-state index contributed by atoms with van der Waals surface area (Å²) in [5.41, 5.74) is 9.71. The van der Waals surface area contributed by atoms with Crippen molar-refractivity contribution in [1.82, 2.24) is 4.57 Å². The quantitative estimate of drug-likeness (QED) is 0.857. The van der Waals surface area contributed by atoms with Gasteiger partial charge in [0.2, 0.25) is 0 Å². The summed E-state index contributed by atoms with van der Waals surface area (Å²) in [5, 5.41) is 1.40. The second-order valence-corrected chi connectivity index (χ2v) is 5.10. The van der Waals surface area contributed by atoms with E-state index >= 15 is 0 Å². The Kier molecular flexibility index (Phi) is 3.53. The summed E-state index contributed by atoms with van der Waals surface area (Å²) >= 11 is 0. The van der Waals surface area contributed by atoms with Crippen molar-refractivity contribution in [2.45, 2.75) is 39.7 Å². The highest BCUT2D eigenvalue weighted by molar-refractivity contribution is 5.85. The molecule has 0 saturated carbocycles. The Balaban J connectivity index is 2.54. The topological polar surface area (TPSA) is 30.9 Å². The molecule has 2 nitrogen and oxygen atoms in total. The fraction of sp³-hybridized carbons (Fsp3) is 0.467. The Morgan fingerprint density at radius 3 is 2.71 bits per heavy atom. The lowest BCUT2D eigenvalue weighted by atomic mass is 10.0. The molecule has 0 aliphatic rings. The average Bonchev–Trinajstić information content (AvgIpc) is 2.64. The molecule has 2 rings (SSSR count). The Morgan fingerprint density at radius 2 is 2.06 bits per heavy atom. The second-order valence-electron chi connectivity index (χ2n) is 5.10. The number of aryl methyl sites for hydroxylation is 2. The molecule has 1 heterocycles. The van der Waals surface area contributed by atoms with Crippen LogP contribution in [0, 0.1) is 6.92 Å². The van der Waals surface area contributed by atoms with Gasteiger partial charge in [-0.05, 0) is 43.5 Å². The van der Waals surface area contributed by atoms with Gasteiger partial charge in [-0.1, -0.05) is 25.5 Å². The molecule has 2 aromatic rings. The predicted octanol–water partition coefficient (Wildman–Crippen LogP) is 3.42. The fourth-order valence-corrected chi connectivity index (χ4v) is 2.35. The van der Waals surface area contributed by atoms with Crippen LogP contribution in [-0.2, 0) is 6.54 Å². The molecule has 0 fully saturated rings. The number of hydrogen-bond donors (Lipinski definition) is 1. The van der Waals surface area contributed by atoms with Gasteiger partial charge in [0.25, 0.3) is 0 Å². The molecule has 0 unspecified atom stereocenters. The largest absolute Gasteiger partial charge is 0.347 e. The molecular weight excluding hydrogens is 208 g/mol. The zero-order chi connectivity index (χ0) is 12.4. The van der Waals surface area contributed by atoms with E-state index in [9.17, 15) is 0 Å². The summed E-state index contributed by atoms with van der Waals surface area (Å²) in [6.45, 7) is 8.43. The van der Waals surface area contributed by atoms with Crippen molar-refractivity contribution < 1.29 is 0 Å². The summed E-state index contributed by atoms with van der Waals surface area (Å²) in [7, 11) is 0. The molecule has 2 heteroatoms. The smallest absolute Gasteiger partial charge is 0.0483 e. The van der Waals surface area contributed by atoms with Gasteiger partial charge in [-0.25, -0.2) is 0 Å². The molecule has 0 spiro atoms. The molecule has 17 heavy (non-hydrogen) atoms. The zero-order valence-electron chi connectivity index (χ0n) is 11.0. The normalized spacial score (nSPS) is 11.6. The van der Waals surface area contributed by atoms with Crippen molar-refractivity contribution in [3.05, 3.63) is 35.5 Å². The molecule has 1 aromatic carbocycles. The van der Waals surface area contributed by atoms with Crippen LogP contribution in [0.2, 0.25) is 0 Å². The minimum Gasteiger partial charge on any atom is -0.347 e. The maximum atomic E-state index is 5.60. The monoisotopic (exact) mass is 230 g/mol. The summed E-state index contributed by atoms with van der Waals surface area (Å²) in [6, 6.07) is 6.71. The third kappa shape index (κ3) is 2.37. The van der Waals surface area contributed by atoms with E-state index in [2.05, 4.69) is 49.7 Å². The third-order valence-electron chi connectivity index (χ3n) is 3.29. The molecular formula is C15H22N2. The van der Waals surface area contributed by atoms with Crippen LogP contribution in [0.4, 0.5) is 0 Å². The highest BCUT2D eigenvalue weighted by Crippen LogP contribution is 2.28. The van der Waals surface area contributed by atoms with Crippen LogP contribution in [0.5, 0.6) is 0 Å². The number of nitrogens with zero attached hydrogens (tertiary/aromatic N) is 1. The molecule has 92 valence electrons. The zero-order valence-corrected chi connectivity index (χ0v) is 11.0. The maximum absolute atomic E-state index is 5.60. The van der Waals surface area contributed by atoms with E-state index in [1.165, 1.54) is 22.0 Å². The Labute approximate surface area is 103 Å². The van der Waals surface area contributed by atoms with Gasteiger partial charge in [0, 0.05) is 23.6 Å². The molecule has 0 aliphatic heterocycles. The summed E-state index contributed by atoms with van der Waals surface area (Å²) in [4.78, 5) is 0. The van der Waals surface area contributed by atoms with Crippen LogP contribution in [0.3, 0.4) is 0 Å². The van der Waals surface area contributed by atoms with Crippen molar-refractivity contribution in [3.63, 3.8) is 0 Å². The van der Waals surface area contributed by atoms with Gasteiger partial charge >= 0.3 is 0 Å². The molecule has 0 aliphatic carbocycles. The molecule has 0 bridgehead atoms. The van der Waals surface area contributed by atoms with E-state index in [-0.39, 0.29) is 0 Å². The number of aromatic nitrogens is 1. The minimum atomic E-state index is 0.568. The minimum absolute atomic E-state index is 0.568. The lowest BCUT2D eigenvalue weighted by Crippen LogP contribution is -2.04. The van der Waals surface area contributed by atoms with Crippen LogP contribution in [-0.4, -0.2) is 11.1 Å². The van der Waals surface area contributed by atoms with E-state index < -0.39 is 0 Å². The van der Waals surface area contributed by atoms with Crippen LogP contribution in [0.25, 0.3) is 10.9 Å². The van der Waals surface area contributed by atoms with Crippen LogP contribution < -0.4 is 5.73 Å². The number of benzene rings is 1. The molecule has 0 amide bonds. The van der Waals surface area contributed by atoms with Gasteiger partial charge in [0.05, 0.1) is 0 Å². The van der Waals surface area contributed by atoms with Gasteiger partial charge in [0.1, 0.15) is 0 Å². The Hall–Kier alpha value is -1.28. The Morgan fingerprint density at radius 1 is 1.29 bits per heavy atom. The average molecular weight is 230 g/mol. The summed E-state index contributed by atoms with van der Waals surface area (Å²) in [6.07, 6.45) is 3.33. The first-order valence-corrected chi connectivity index (χ1v) is 6.43.